The number of hydrogen-bond donors (Lipinski definition) is 2. The SMILES string of the molecule is Cn1ncnc1SCc1ncccc1C(=O)NN. The maximum Gasteiger partial charge on any atom is 0.267 e. The van der Waals surface area contributed by atoms with E-state index < -0.39 is 0 Å². The fourth-order valence-electron chi connectivity index (χ4n) is 1.39. The topological polar surface area (TPSA) is 98.7 Å². The molecule has 0 saturated heterocycles. The number of hydrazine groups is 1. The Labute approximate surface area is 108 Å². The molecule has 0 radical (unpaired) electrons. The van der Waals surface area contributed by atoms with Gasteiger partial charge in [0, 0.05) is 19.0 Å². The van der Waals surface area contributed by atoms with Gasteiger partial charge in [0.05, 0.1) is 11.3 Å². The minimum atomic E-state index is -0.350. The van der Waals surface area contributed by atoms with Crippen LogP contribution >= 0.6 is 11.8 Å². The first-order chi connectivity index (χ1) is 8.72. The van der Waals surface area contributed by atoms with E-state index >= 15 is 0 Å². The van der Waals surface area contributed by atoms with Crippen molar-refractivity contribution in [3.8, 4) is 0 Å². The summed E-state index contributed by atoms with van der Waals surface area (Å²) in [6, 6.07) is 3.38. The number of aryl methyl sites for hydroxylation is 1. The zero-order valence-electron chi connectivity index (χ0n) is 9.70. The first-order valence-corrected chi connectivity index (χ1v) is 6.12. The Morgan fingerprint density at radius 3 is 3.06 bits per heavy atom. The van der Waals surface area contributed by atoms with Gasteiger partial charge in [0.15, 0.2) is 5.16 Å². The Morgan fingerprint density at radius 1 is 1.56 bits per heavy atom. The number of pyridine rings is 1. The summed E-state index contributed by atoms with van der Waals surface area (Å²) in [6.45, 7) is 0. The minimum Gasteiger partial charge on any atom is -0.290 e. The van der Waals surface area contributed by atoms with Gasteiger partial charge < -0.3 is 0 Å². The van der Waals surface area contributed by atoms with Crippen LogP contribution in [-0.2, 0) is 12.8 Å². The van der Waals surface area contributed by atoms with Crippen molar-refractivity contribution in [1.29, 1.82) is 0 Å². The fraction of sp³-hybridized carbons (Fsp3) is 0.200. The quantitative estimate of drug-likeness (QED) is 0.352. The van der Waals surface area contributed by atoms with E-state index in [1.165, 1.54) is 18.1 Å². The minimum absolute atomic E-state index is 0.350. The van der Waals surface area contributed by atoms with E-state index in [9.17, 15) is 4.79 Å². The number of nitrogens with two attached hydrogens (primary N) is 1. The lowest BCUT2D eigenvalue weighted by molar-refractivity contribution is 0.0952. The maximum absolute atomic E-state index is 11.5. The van der Waals surface area contributed by atoms with Crippen LogP contribution in [0, 0.1) is 0 Å². The number of amides is 1. The van der Waals surface area contributed by atoms with Crippen LogP contribution in [0.5, 0.6) is 0 Å². The second kappa shape index (κ2) is 5.61. The molecule has 2 heterocycles. The molecule has 0 fully saturated rings. The molecule has 0 unspecified atom stereocenters. The summed E-state index contributed by atoms with van der Waals surface area (Å²) in [4.78, 5) is 19.8. The summed E-state index contributed by atoms with van der Waals surface area (Å²) in [5.74, 6) is 5.30. The number of carbonyl (C=O) groups is 1. The number of carbonyl (C=O) groups excluding carboxylic acids is 1. The van der Waals surface area contributed by atoms with Crippen LogP contribution in [0.3, 0.4) is 0 Å². The van der Waals surface area contributed by atoms with Gasteiger partial charge in [-0.05, 0) is 12.1 Å². The fourth-order valence-corrected chi connectivity index (χ4v) is 2.24. The van der Waals surface area contributed by atoms with Crippen LogP contribution in [0.25, 0.3) is 0 Å². The molecule has 1 amide bonds. The van der Waals surface area contributed by atoms with Crippen LogP contribution in [0.4, 0.5) is 0 Å². The Bertz CT molecular complexity index is 555. The van der Waals surface area contributed by atoms with E-state index in [1.807, 2.05) is 0 Å². The molecule has 0 aliphatic carbocycles. The Hall–Kier alpha value is -1.93. The first kappa shape index (κ1) is 12.5. The lowest BCUT2D eigenvalue weighted by Crippen LogP contribution is -2.31. The molecular weight excluding hydrogens is 252 g/mol. The van der Waals surface area contributed by atoms with Gasteiger partial charge in [-0.2, -0.15) is 5.10 Å². The molecule has 0 saturated carbocycles. The second-order valence-corrected chi connectivity index (χ2v) is 4.37. The number of thioether (sulfide) groups is 1. The van der Waals surface area contributed by atoms with E-state index in [0.717, 1.165) is 5.16 Å². The predicted molar refractivity (Wildman–Crippen MR) is 66.5 cm³/mol. The summed E-state index contributed by atoms with van der Waals surface area (Å²) < 4.78 is 1.66. The molecule has 2 aromatic rings. The highest BCUT2D eigenvalue weighted by Crippen LogP contribution is 2.20. The Balaban J connectivity index is 2.14. The van der Waals surface area contributed by atoms with Gasteiger partial charge in [0.2, 0.25) is 0 Å². The average molecular weight is 264 g/mol. The second-order valence-electron chi connectivity index (χ2n) is 3.43. The molecule has 0 bridgehead atoms. The Morgan fingerprint density at radius 2 is 2.39 bits per heavy atom. The summed E-state index contributed by atoms with van der Waals surface area (Å²) in [5, 5.41) is 4.73. The summed E-state index contributed by atoms with van der Waals surface area (Å²) in [6.07, 6.45) is 3.12. The molecule has 2 aromatic heterocycles. The van der Waals surface area contributed by atoms with Crippen LogP contribution in [0.15, 0.2) is 29.8 Å². The van der Waals surface area contributed by atoms with Crippen LogP contribution in [0.2, 0.25) is 0 Å². The van der Waals surface area contributed by atoms with Crippen molar-refractivity contribution in [3.63, 3.8) is 0 Å². The van der Waals surface area contributed by atoms with E-state index in [0.29, 0.717) is 17.0 Å². The third kappa shape index (κ3) is 2.66. The maximum atomic E-state index is 11.5. The highest BCUT2D eigenvalue weighted by atomic mass is 32.2. The molecule has 0 aliphatic rings. The molecule has 8 heteroatoms. The zero-order chi connectivity index (χ0) is 13.0. The van der Waals surface area contributed by atoms with E-state index in [2.05, 4.69) is 20.5 Å². The number of hydrogen-bond acceptors (Lipinski definition) is 6. The van der Waals surface area contributed by atoms with Gasteiger partial charge in [-0.1, -0.05) is 11.8 Å². The molecule has 0 aliphatic heterocycles. The van der Waals surface area contributed by atoms with Gasteiger partial charge in [-0.15, -0.1) is 0 Å². The number of nitrogens with one attached hydrogen (secondary N) is 1. The van der Waals surface area contributed by atoms with Gasteiger partial charge in [-0.25, -0.2) is 15.5 Å². The van der Waals surface area contributed by atoms with Gasteiger partial charge in [0.1, 0.15) is 6.33 Å². The molecule has 94 valence electrons. The highest BCUT2D eigenvalue weighted by molar-refractivity contribution is 7.98. The molecule has 7 nitrogen and oxygen atoms in total. The Kier molecular flexibility index (Phi) is 3.90. The van der Waals surface area contributed by atoms with Crippen LogP contribution in [-0.4, -0.2) is 25.7 Å². The number of aromatic nitrogens is 4. The molecule has 18 heavy (non-hydrogen) atoms. The van der Waals surface area contributed by atoms with E-state index in [1.54, 1.807) is 30.1 Å². The van der Waals surface area contributed by atoms with Crippen molar-refractivity contribution >= 4 is 17.7 Å². The first-order valence-electron chi connectivity index (χ1n) is 5.14. The number of nitrogens with zero attached hydrogens (tertiary/aromatic N) is 4. The van der Waals surface area contributed by atoms with Crippen molar-refractivity contribution in [2.75, 3.05) is 0 Å². The van der Waals surface area contributed by atoms with Crippen molar-refractivity contribution < 1.29 is 4.79 Å². The standard InChI is InChI=1S/C10H12N6OS/c1-16-10(13-6-14-16)18-5-8-7(9(17)15-11)3-2-4-12-8/h2-4,6H,5,11H2,1H3,(H,15,17). The van der Waals surface area contributed by atoms with E-state index in [4.69, 9.17) is 5.84 Å². The van der Waals surface area contributed by atoms with Crippen LogP contribution < -0.4 is 11.3 Å². The monoisotopic (exact) mass is 264 g/mol. The van der Waals surface area contributed by atoms with Crippen molar-refractivity contribution in [2.24, 2.45) is 12.9 Å². The largest absolute Gasteiger partial charge is 0.290 e. The lowest BCUT2D eigenvalue weighted by Gasteiger charge is -2.06. The normalized spacial score (nSPS) is 10.3. The molecule has 3 N–H and O–H groups in total. The summed E-state index contributed by atoms with van der Waals surface area (Å²) in [5.41, 5.74) is 3.23. The van der Waals surface area contributed by atoms with Crippen molar-refractivity contribution in [2.45, 2.75) is 10.9 Å². The molecule has 2 rings (SSSR count). The number of rotatable bonds is 4. The van der Waals surface area contributed by atoms with Crippen molar-refractivity contribution in [1.82, 2.24) is 25.2 Å². The third-order valence-electron chi connectivity index (χ3n) is 2.27. The number of nitrogen functional groups attached to an aromatic ring is 1. The lowest BCUT2D eigenvalue weighted by atomic mass is 10.2. The third-order valence-corrected chi connectivity index (χ3v) is 3.32. The summed E-state index contributed by atoms with van der Waals surface area (Å²) >= 11 is 1.45. The molecule has 0 aromatic carbocycles. The average Bonchev–Trinajstić information content (AvgIpc) is 2.81. The van der Waals surface area contributed by atoms with Gasteiger partial charge in [-0.3, -0.25) is 15.2 Å². The molecule has 0 atom stereocenters. The van der Waals surface area contributed by atoms with Crippen LogP contribution in [0.1, 0.15) is 16.1 Å². The highest BCUT2D eigenvalue weighted by Gasteiger charge is 2.12. The zero-order valence-corrected chi connectivity index (χ0v) is 10.5. The van der Waals surface area contributed by atoms with Crippen molar-refractivity contribution in [3.05, 3.63) is 35.9 Å². The van der Waals surface area contributed by atoms with Gasteiger partial charge >= 0.3 is 0 Å². The van der Waals surface area contributed by atoms with E-state index in [-0.39, 0.29) is 5.91 Å². The van der Waals surface area contributed by atoms with Gasteiger partial charge in [0.25, 0.3) is 5.91 Å². The predicted octanol–water partition coefficient (Wildman–Crippen LogP) is 0.106. The molecular formula is C10H12N6OS. The smallest absolute Gasteiger partial charge is 0.267 e. The molecule has 0 spiro atoms. The summed E-state index contributed by atoms with van der Waals surface area (Å²) in [7, 11) is 1.81.